The zero-order valence-electron chi connectivity index (χ0n) is 13.5. The molecule has 0 N–H and O–H groups in total. The molecular formula is C21H18IrN-. The predicted molar refractivity (Wildman–Crippen MR) is 94.3 cm³/mol. The van der Waals surface area contributed by atoms with Gasteiger partial charge in [0.25, 0.3) is 0 Å². The fourth-order valence-corrected chi connectivity index (χ4v) is 3.25. The molecule has 23 heavy (non-hydrogen) atoms. The van der Waals surface area contributed by atoms with Crippen LogP contribution >= 0.6 is 0 Å². The minimum absolute atomic E-state index is 0. The molecule has 0 aliphatic carbocycles. The normalized spacial score (nSPS) is 11.8. The van der Waals surface area contributed by atoms with E-state index in [1.54, 1.807) is 0 Å². The van der Waals surface area contributed by atoms with E-state index in [2.05, 4.69) is 69.3 Å². The Hall–Kier alpha value is -1.76. The Kier molecular flexibility index (Phi) is 4.00. The molecule has 0 spiro atoms. The fourth-order valence-electron chi connectivity index (χ4n) is 3.25. The van der Waals surface area contributed by atoms with E-state index in [1.807, 2.05) is 12.3 Å². The summed E-state index contributed by atoms with van der Waals surface area (Å²) in [5.41, 5.74) is 2.50. The predicted octanol–water partition coefficient (Wildman–Crippen LogP) is 5.64. The summed E-state index contributed by atoms with van der Waals surface area (Å²) in [6.07, 6.45) is 1.97. The van der Waals surface area contributed by atoms with Gasteiger partial charge in [0.05, 0.1) is 0 Å². The molecular weight excluding hydrogens is 458 g/mol. The molecule has 3 aromatic carbocycles. The van der Waals surface area contributed by atoms with Gasteiger partial charge in [0, 0.05) is 26.3 Å². The molecule has 0 unspecified atom stereocenters. The molecule has 117 valence electrons. The Morgan fingerprint density at radius 2 is 1.61 bits per heavy atom. The Balaban J connectivity index is 0.00000156. The van der Waals surface area contributed by atoms with Gasteiger partial charge in [-0.1, -0.05) is 57.2 Å². The zero-order valence-corrected chi connectivity index (χ0v) is 15.9. The number of benzene rings is 3. The third-order valence-electron chi connectivity index (χ3n) is 4.34. The smallest absolute Gasteiger partial charge is 0.0239 e. The summed E-state index contributed by atoms with van der Waals surface area (Å²) >= 11 is 0. The maximum atomic E-state index is 4.73. The van der Waals surface area contributed by atoms with Crippen LogP contribution < -0.4 is 0 Å². The van der Waals surface area contributed by atoms with Crippen molar-refractivity contribution in [2.45, 2.75) is 26.2 Å². The van der Waals surface area contributed by atoms with Gasteiger partial charge in [-0.05, 0) is 27.1 Å². The van der Waals surface area contributed by atoms with Crippen molar-refractivity contribution < 1.29 is 20.1 Å². The van der Waals surface area contributed by atoms with Crippen LogP contribution in [0, 0.1) is 6.07 Å². The molecule has 1 aromatic heterocycles. The summed E-state index contributed by atoms with van der Waals surface area (Å²) in [5.74, 6) is 0. The van der Waals surface area contributed by atoms with E-state index in [1.165, 1.54) is 27.1 Å². The maximum Gasteiger partial charge on any atom is 0.0239 e. The van der Waals surface area contributed by atoms with Gasteiger partial charge < -0.3 is 4.98 Å². The number of fused-ring (bicyclic) bond motifs is 5. The number of hydrogen-bond acceptors (Lipinski definition) is 1. The van der Waals surface area contributed by atoms with Crippen molar-refractivity contribution in [3.05, 3.63) is 66.4 Å². The number of hydrogen-bond donors (Lipinski definition) is 0. The molecule has 0 aliphatic rings. The maximum absolute atomic E-state index is 4.73. The second-order valence-electron chi connectivity index (χ2n) is 6.87. The minimum Gasteiger partial charge on any atom is -0.303 e. The van der Waals surface area contributed by atoms with Gasteiger partial charge in [0.2, 0.25) is 0 Å². The average Bonchev–Trinajstić information content (AvgIpc) is 2.52. The molecule has 0 bridgehead atoms. The standard InChI is InChI=1S/C21H18N.Ir/c1-21(2,3)19-10-6-9-17-16(19)11-12-18-15-8-5-4-7-14(15)13-22-20(17)18;/h4-8,10-13H,1-3H3;/q-1;. The van der Waals surface area contributed by atoms with Crippen LogP contribution in [0.1, 0.15) is 26.3 Å². The monoisotopic (exact) mass is 477 g/mol. The largest absolute Gasteiger partial charge is 0.303 e. The van der Waals surface area contributed by atoms with Crippen molar-refractivity contribution in [1.29, 1.82) is 0 Å². The summed E-state index contributed by atoms with van der Waals surface area (Å²) < 4.78 is 0. The SMILES string of the molecule is CC(C)(C)c1cc[c-]c2c1ccc1c3ccccc3cnc21.[Ir]. The first kappa shape index (κ1) is 16.1. The molecule has 1 heterocycles. The Morgan fingerprint density at radius 1 is 0.870 bits per heavy atom. The first-order valence-electron chi connectivity index (χ1n) is 7.67. The van der Waals surface area contributed by atoms with Crippen LogP contribution in [0.2, 0.25) is 0 Å². The molecule has 0 saturated carbocycles. The average molecular weight is 477 g/mol. The molecule has 1 nitrogen and oxygen atoms in total. The van der Waals surface area contributed by atoms with Crippen LogP contribution in [-0.2, 0) is 25.5 Å². The van der Waals surface area contributed by atoms with E-state index in [0.717, 1.165) is 10.9 Å². The molecule has 1 radical (unpaired) electrons. The Bertz CT molecular complexity index is 1010. The van der Waals surface area contributed by atoms with Gasteiger partial charge in [-0.3, -0.25) is 0 Å². The summed E-state index contributed by atoms with van der Waals surface area (Å²) in [6.45, 7) is 6.75. The van der Waals surface area contributed by atoms with E-state index in [9.17, 15) is 0 Å². The van der Waals surface area contributed by atoms with E-state index in [0.29, 0.717) is 0 Å². The Morgan fingerprint density at radius 3 is 2.39 bits per heavy atom. The number of rotatable bonds is 0. The van der Waals surface area contributed by atoms with Crippen molar-refractivity contribution in [2.24, 2.45) is 0 Å². The molecule has 4 aromatic rings. The minimum atomic E-state index is 0. The van der Waals surface area contributed by atoms with E-state index >= 15 is 0 Å². The van der Waals surface area contributed by atoms with Gasteiger partial charge >= 0.3 is 0 Å². The summed E-state index contributed by atoms with van der Waals surface area (Å²) in [7, 11) is 0. The number of pyridine rings is 1. The molecule has 0 saturated heterocycles. The van der Waals surface area contributed by atoms with Crippen LogP contribution in [-0.4, -0.2) is 4.98 Å². The second kappa shape index (κ2) is 5.70. The molecule has 0 aliphatic heterocycles. The quantitative estimate of drug-likeness (QED) is 0.237. The van der Waals surface area contributed by atoms with Crippen molar-refractivity contribution in [1.82, 2.24) is 4.98 Å². The first-order valence-corrected chi connectivity index (χ1v) is 7.67. The van der Waals surface area contributed by atoms with Crippen LogP contribution in [0.5, 0.6) is 0 Å². The van der Waals surface area contributed by atoms with Gasteiger partial charge in [-0.15, -0.1) is 34.5 Å². The summed E-state index contributed by atoms with van der Waals surface area (Å²) in [4.78, 5) is 4.73. The van der Waals surface area contributed by atoms with Gasteiger partial charge in [0.1, 0.15) is 0 Å². The van der Waals surface area contributed by atoms with Crippen molar-refractivity contribution in [3.8, 4) is 0 Å². The third-order valence-corrected chi connectivity index (χ3v) is 4.34. The Labute approximate surface area is 150 Å². The van der Waals surface area contributed by atoms with Crippen molar-refractivity contribution >= 4 is 32.4 Å². The molecule has 0 amide bonds. The van der Waals surface area contributed by atoms with Crippen molar-refractivity contribution in [3.63, 3.8) is 0 Å². The first-order chi connectivity index (χ1) is 10.6. The topological polar surface area (TPSA) is 12.9 Å². The molecule has 0 atom stereocenters. The molecule has 4 rings (SSSR count). The van der Waals surface area contributed by atoms with E-state index in [-0.39, 0.29) is 25.5 Å². The molecule has 2 heteroatoms. The van der Waals surface area contributed by atoms with Crippen LogP contribution in [0.15, 0.2) is 54.7 Å². The van der Waals surface area contributed by atoms with Gasteiger partial charge in [0.15, 0.2) is 0 Å². The summed E-state index contributed by atoms with van der Waals surface area (Å²) in [6, 6.07) is 20.5. The zero-order chi connectivity index (χ0) is 15.3. The van der Waals surface area contributed by atoms with Crippen LogP contribution in [0.25, 0.3) is 32.4 Å². The number of aromatic nitrogens is 1. The number of nitrogens with zero attached hydrogens (tertiary/aromatic N) is 1. The second-order valence-corrected chi connectivity index (χ2v) is 6.87. The van der Waals surface area contributed by atoms with Crippen molar-refractivity contribution in [2.75, 3.05) is 0 Å². The van der Waals surface area contributed by atoms with E-state index in [4.69, 9.17) is 4.98 Å². The molecule has 0 fully saturated rings. The summed E-state index contributed by atoms with van der Waals surface area (Å²) in [5, 5.41) is 6.01. The van der Waals surface area contributed by atoms with Gasteiger partial charge in [-0.25, -0.2) is 0 Å². The van der Waals surface area contributed by atoms with E-state index < -0.39 is 0 Å². The van der Waals surface area contributed by atoms with Gasteiger partial charge in [-0.2, -0.15) is 0 Å². The fraction of sp³-hybridized carbons (Fsp3) is 0.190. The third kappa shape index (κ3) is 2.56. The van der Waals surface area contributed by atoms with Crippen LogP contribution in [0.4, 0.5) is 0 Å². The van der Waals surface area contributed by atoms with Crippen LogP contribution in [0.3, 0.4) is 0 Å².